The predicted octanol–water partition coefficient (Wildman–Crippen LogP) is 1.16. The number of thiophene rings is 1. The molecule has 16 heavy (non-hydrogen) atoms. The molecular formula is C8H11BrN2O3S2. The summed E-state index contributed by atoms with van der Waals surface area (Å²) in [6.45, 7) is 0.786. The fraction of sp³-hybridized carbons (Fsp3) is 0.500. The third-order valence-corrected chi connectivity index (χ3v) is 6.40. The second-order valence-corrected chi connectivity index (χ2v) is 8.10. The molecular weight excluding hydrogens is 316 g/mol. The molecule has 0 amide bonds. The standard InChI is InChI=1S/C8H11BrN2O3S2/c9-7-1-2-8(15-7)16(12,13)11-4-3-6(5-11)14-10/h1-2,6H,3-5,10H2. The molecule has 0 aliphatic carbocycles. The minimum Gasteiger partial charge on any atom is -0.300 e. The monoisotopic (exact) mass is 326 g/mol. The van der Waals surface area contributed by atoms with Crippen LogP contribution in [0.25, 0.3) is 0 Å². The number of halogens is 1. The third kappa shape index (κ3) is 2.31. The maximum absolute atomic E-state index is 12.1. The Labute approximate surface area is 106 Å². The SMILES string of the molecule is NOC1CCN(S(=O)(=O)c2ccc(Br)s2)C1. The first-order valence-electron chi connectivity index (χ1n) is 4.65. The number of hydrogen-bond donors (Lipinski definition) is 1. The van der Waals surface area contributed by atoms with E-state index >= 15 is 0 Å². The summed E-state index contributed by atoms with van der Waals surface area (Å²) >= 11 is 4.45. The van der Waals surface area contributed by atoms with Crippen LogP contribution in [0, 0.1) is 0 Å². The molecule has 0 radical (unpaired) electrons. The van der Waals surface area contributed by atoms with Gasteiger partial charge in [0.2, 0.25) is 0 Å². The lowest BCUT2D eigenvalue weighted by atomic mass is 10.3. The van der Waals surface area contributed by atoms with E-state index in [4.69, 9.17) is 5.90 Å². The third-order valence-electron chi connectivity index (χ3n) is 2.44. The van der Waals surface area contributed by atoms with Crippen LogP contribution in [0.15, 0.2) is 20.1 Å². The lowest BCUT2D eigenvalue weighted by molar-refractivity contribution is 0.0642. The Balaban J connectivity index is 2.21. The van der Waals surface area contributed by atoms with Crippen molar-refractivity contribution in [1.29, 1.82) is 0 Å². The van der Waals surface area contributed by atoms with Crippen LogP contribution >= 0.6 is 27.3 Å². The Hall–Kier alpha value is 0.01000. The lowest BCUT2D eigenvalue weighted by Crippen LogP contribution is -2.30. The van der Waals surface area contributed by atoms with E-state index in [9.17, 15) is 8.42 Å². The first-order chi connectivity index (χ1) is 7.54. The van der Waals surface area contributed by atoms with Gasteiger partial charge in [-0.25, -0.2) is 14.3 Å². The van der Waals surface area contributed by atoms with Gasteiger partial charge in [-0.05, 0) is 34.5 Å². The van der Waals surface area contributed by atoms with Crippen molar-refractivity contribution in [3.8, 4) is 0 Å². The molecule has 2 N–H and O–H groups in total. The van der Waals surface area contributed by atoms with Gasteiger partial charge < -0.3 is 0 Å². The highest BCUT2D eigenvalue weighted by Gasteiger charge is 2.33. The van der Waals surface area contributed by atoms with Crippen LogP contribution in [0.1, 0.15) is 6.42 Å². The van der Waals surface area contributed by atoms with Crippen molar-refractivity contribution in [2.45, 2.75) is 16.7 Å². The van der Waals surface area contributed by atoms with Gasteiger partial charge in [-0.1, -0.05) is 0 Å². The summed E-state index contributed by atoms with van der Waals surface area (Å²) < 4.78 is 26.8. The first kappa shape index (κ1) is 12.5. The topological polar surface area (TPSA) is 72.6 Å². The van der Waals surface area contributed by atoms with Gasteiger partial charge in [0, 0.05) is 13.1 Å². The molecule has 1 aliphatic rings. The van der Waals surface area contributed by atoms with Crippen molar-refractivity contribution in [3.63, 3.8) is 0 Å². The highest BCUT2D eigenvalue weighted by atomic mass is 79.9. The second-order valence-electron chi connectivity index (χ2n) is 3.47. The molecule has 0 spiro atoms. The normalized spacial score (nSPS) is 22.8. The number of rotatable bonds is 3. The van der Waals surface area contributed by atoms with Crippen LogP contribution in [-0.2, 0) is 14.9 Å². The van der Waals surface area contributed by atoms with Gasteiger partial charge in [0.1, 0.15) is 4.21 Å². The van der Waals surface area contributed by atoms with Crippen molar-refractivity contribution in [2.24, 2.45) is 5.90 Å². The molecule has 2 heterocycles. The molecule has 2 rings (SSSR count). The molecule has 0 saturated carbocycles. The molecule has 1 atom stereocenters. The van der Waals surface area contributed by atoms with E-state index in [1.807, 2.05) is 0 Å². The van der Waals surface area contributed by atoms with E-state index in [0.29, 0.717) is 23.7 Å². The quantitative estimate of drug-likeness (QED) is 0.846. The summed E-state index contributed by atoms with van der Waals surface area (Å²) in [4.78, 5) is 4.67. The zero-order chi connectivity index (χ0) is 11.8. The van der Waals surface area contributed by atoms with Crippen molar-refractivity contribution in [1.82, 2.24) is 4.31 Å². The molecule has 5 nitrogen and oxygen atoms in total. The van der Waals surface area contributed by atoms with E-state index in [-0.39, 0.29) is 6.10 Å². The Morgan fingerprint density at radius 1 is 1.56 bits per heavy atom. The number of hydrogen-bond acceptors (Lipinski definition) is 5. The largest absolute Gasteiger partial charge is 0.300 e. The van der Waals surface area contributed by atoms with Crippen LogP contribution in [0.2, 0.25) is 0 Å². The summed E-state index contributed by atoms with van der Waals surface area (Å²) in [6, 6.07) is 3.32. The van der Waals surface area contributed by atoms with Gasteiger partial charge >= 0.3 is 0 Å². The fourth-order valence-electron chi connectivity index (χ4n) is 1.59. The van der Waals surface area contributed by atoms with Crippen LogP contribution in [-0.4, -0.2) is 31.9 Å². The molecule has 1 aromatic heterocycles. The maximum atomic E-state index is 12.1. The van der Waals surface area contributed by atoms with E-state index in [1.54, 1.807) is 12.1 Å². The molecule has 0 bridgehead atoms. The molecule has 90 valence electrons. The predicted molar refractivity (Wildman–Crippen MR) is 64.5 cm³/mol. The van der Waals surface area contributed by atoms with Crippen molar-refractivity contribution < 1.29 is 13.3 Å². The van der Waals surface area contributed by atoms with Gasteiger partial charge in [-0.15, -0.1) is 11.3 Å². The highest BCUT2D eigenvalue weighted by molar-refractivity contribution is 9.11. The van der Waals surface area contributed by atoms with E-state index in [0.717, 1.165) is 3.79 Å². The van der Waals surface area contributed by atoms with E-state index in [2.05, 4.69) is 20.8 Å². The Bertz CT molecular complexity index is 473. The van der Waals surface area contributed by atoms with Gasteiger partial charge in [-0.2, -0.15) is 4.31 Å². The van der Waals surface area contributed by atoms with Crippen molar-refractivity contribution in [2.75, 3.05) is 13.1 Å². The van der Waals surface area contributed by atoms with Crippen LogP contribution in [0.4, 0.5) is 0 Å². The highest BCUT2D eigenvalue weighted by Crippen LogP contribution is 2.30. The summed E-state index contributed by atoms with van der Waals surface area (Å²) in [6.07, 6.45) is 0.445. The minimum absolute atomic E-state index is 0.196. The van der Waals surface area contributed by atoms with Crippen molar-refractivity contribution in [3.05, 3.63) is 15.9 Å². The summed E-state index contributed by atoms with van der Waals surface area (Å²) in [5.41, 5.74) is 0. The second kappa shape index (κ2) is 4.71. The fourth-order valence-corrected chi connectivity index (χ4v) is 5.24. The van der Waals surface area contributed by atoms with E-state index in [1.165, 1.54) is 15.6 Å². The smallest absolute Gasteiger partial charge is 0.252 e. The minimum atomic E-state index is -3.37. The van der Waals surface area contributed by atoms with E-state index < -0.39 is 10.0 Å². The van der Waals surface area contributed by atoms with Gasteiger partial charge in [0.25, 0.3) is 10.0 Å². The zero-order valence-electron chi connectivity index (χ0n) is 8.30. The molecule has 1 fully saturated rings. The molecule has 1 saturated heterocycles. The Morgan fingerprint density at radius 3 is 2.81 bits per heavy atom. The first-order valence-corrected chi connectivity index (χ1v) is 7.70. The molecule has 0 aromatic carbocycles. The number of nitrogens with zero attached hydrogens (tertiary/aromatic N) is 1. The molecule has 8 heteroatoms. The van der Waals surface area contributed by atoms with Gasteiger partial charge in [0.05, 0.1) is 9.89 Å². The Morgan fingerprint density at radius 2 is 2.31 bits per heavy atom. The molecule has 1 unspecified atom stereocenters. The summed E-state index contributed by atoms with van der Waals surface area (Å²) in [5, 5.41) is 0. The van der Waals surface area contributed by atoms with Gasteiger partial charge in [0.15, 0.2) is 0 Å². The molecule has 1 aromatic rings. The summed E-state index contributed by atoms with van der Waals surface area (Å²) in [7, 11) is -3.37. The van der Waals surface area contributed by atoms with Crippen molar-refractivity contribution >= 4 is 37.3 Å². The average molecular weight is 327 g/mol. The van der Waals surface area contributed by atoms with Crippen LogP contribution < -0.4 is 5.90 Å². The van der Waals surface area contributed by atoms with Gasteiger partial charge in [-0.3, -0.25) is 4.84 Å². The van der Waals surface area contributed by atoms with Crippen LogP contribution in [0.5, 0.6) is 0 Å². The maximum Gasteiger partial charge on any atom is 0.252 e. The Kier molecular flexibility index (Phi) is 3.67. The zero-order valence-corrected chi connectivity index (χ0v) is 11.5. The number of nitrogens with two attached hydrogens (primary N) is 1. The number of sulfonamides is 1. The summed E-state index contributed by atoms with van der Waals surface area (Å²) in [5.74, 6) is 5.06. The molecule has 1 aliphatic heterocycles. The average Bonchev–Trinajstić information content (AvgIpc) is 2.85. The van der Waals surface area contributed by atoms with Crippen LogP contribution in [0.3, 0.4) is 0 Å². The lowest BCUT2D eigenvalue weighted by Gasteiger charge is -2.14.